The van der Waals surface area contributed by atoms with Crippen molar-refractivity contribution in [1.82, 2.24) is 0 Å². The zero-order valence-corrected chi connectivity index (χ0v) is 12.5. The molecule has 2 rings (SSSR count). The van der Waals surface area contributed by atoms with E-state index in [1.54, 1.807) is 7.11 Å². The van der Waals surface area contributed by atoms with Crippen molar-refractivity contribution in [2.45, 2.75) is 58.4 Å². The number of benzene rings is 1. The second-order valence-electron chi connectivity index (χ2n) is 5.97. The molecule has 0 aromatic heterocycles. The lowest BCUT2D eigenvalue weighted by Gasteiger charge is -2.24. The molecule has 1 aliphatic rings. The van der Waals surface area contributed by atoms with Crippen LogP contribution in [0.2, 0.25) is 0 Å². The van der Waals surface area contributed by atoms with Gasteiger partial charge in [-0.2, -0.15) is 0 Å². The van der Waals surface area contributed by atoms with Crippen molar-refractivity contribution in [3.63, 3.8) is 0 Å². The summed E-state index contributed by atoms with van der Waals surface area (Å²) >= 11 is 0. The van der Waals surface area contributed by atoms with E-state index in [-0.39, 0.29) is 6.04 Å². The molecule has 0 radical (unpaired) electrons. The number of rotatable bonds is 3. The summed E-state index contributed by atoms with van der Waals surface area (Å²) in [4.78, 5) is 0. The Kier molecular flexibility index (Phi) is 4.87. The molecular formula is C17H27NO. The molecule has 2 heteroatoms. The van der Waals surface area contributed by atoms with E-state index < -0.39 is 0 Å². The van der Waals surface area contributed by atoms with Crippen LogP contribution in [-0.2, 0) is 0 Å². The quantitative estimate of drug-likeness (QED) is 0.824. The minimum Gasteiger partial charge on any atom is -0.496 e. The fraction of sp³-hybridized carbons (Fsp3) is 0.647. The molecule has 1 atom stereocenters. The summed E-state index contributed by atoms with van der Waals surface area (Å²) in [6, 6.07) is 4.60. The van der Waals surface area contributed by atoms with Gasteiger partial charge in [0, 0.05) is 6.04 Å². The molecule has 1 aliphatic carbocycles. The molecule has 1 aromatic rings. The number of nitrogens with two attached hydrogens (primary N) is 1. The molecule has 1 aromatic carbocycles. The van der Waals surface area contributed by atoms with Crippen molar-refractivity contribution in [3.8, 4) is 5.75 Å². The zero-order chi connectivity index (χ0) is 13.8. The van der Waals surface area contributed by atoms with Crippen molar-refractivity contribution in [2.24, 2.45) is 11.7 Å². The summed E-state index contributed by atoms with van der Waals surface area (Å²) in [7, 11) is 1.74. The van der Waals surface area contributed by atoms with Crippen molar-refractivity contribution < 1.29 is 4.74 Å². The van der Waals surface area contributed by atoms with E-state index in [4.69, 9.17) is 10.5 Å². The van der Waals surface area contributed by atoms with Gasteiger partial charge in [-0.05, 0) is 49.3 Å². The van der Waals surface area contributed by atoms with E-state index in [0.29, 0.717) is 5.92 Å². The second kappa shape index (κ2) is 6.42. The summed E-state index contributed by atoms with van der Waals surface area (Å²) in [6.07, 6.45) is 8.00. The van der Waals surface area contributed by atoms with E-state index >= 15 is 0 Å². The molecule has 0 aliphatic heterocycles. The third-order valence-corrected chi connectivity index (χ3v) is 4.48. The Balaban J connectivity index is 2.20. The Bertz CT molecular complexity index is 396. The largest absolute Gasteiger partial charge is 0.496 e. The van der Waals surface area contributed by atoms with Gasteiger partial charge in [-0.25, -0.2) is 0 Å². The van der Waals surface area contributed by atoms with Gasteiger partial charge in [0.1, 0.15) is 5.75 Å². The third kappa shape index (κ3) is 3.30. The van der Waals surface area contributed by atoms with Crippen LogP contribution in [0.3, 0.4) is 0 Å². The molecule has 1 fully saturated rings. The van der Waals surface area contributed by atoms with Crippen molar-refractivity contribution in [2.75, 3.05) is 7.11 Å². The van der Waals surface area contributed by atoms with Crippen molar-refractivity contribution in [3.05, 3.63) is 28.8 Å². The van der Waals surface area contributed by atoms with Gasteiger partial charge in [-0.1, -0.05) is 37.8 Å². The molecular weight excluding hydrogens is 234 g/mol. The number of methoxy groups -OCH3 is 1. The van der Waals surface area contributed by atoms with Gasteiger partial charge in [0.15, 0.2) is 0 Å². The highest BCUT2D eigenvalue weighted by atomic mass is 16.5. The van der Waals surface area contributed by atoms with Crippen LogP contribution in [0.1, 0.15) is 61.3 Å². The van der Waals surface area contributed by atoms with E-state index in [2.05, 4.69) is 26.0 Å². The fourth-order valence-electron chi connectivity index (χ4n) is 3.44. The number of hydrogen-bond acceptors (Lipinski definition) is 2. The molecule has 0 spiro atoms. The maximum atomic E-state index is 6.53. The molecule has 1 unspecified atom stereocenters. The Morgan fingerprint density at radius 2 is 1.58 bits per heavy atom. The molecule has 2 nitrogen and oxygen atoms in total. The number of aryl methyl sites for hydroxylation is 2. The topological polar surface area (TPSA) is 35.2 Å². The van der Waals surface area contributed by atoms with E-state index in [1.807, 2.05) is 0 Å². The highest BCUT2D eigenvalue weighted by molar-refractivity contribution is 5.44. The Hall–Kier alpha value is -1.02. The second-order valence-corrected chi connectivity index (χ2v) is 5.97. The zero-order valence-electron chi connectivity index (χ0n) is 12.5. The SMILES string of the molecule is COc1c(C)cc(C(N)C2CCCCCC2)cc1C. The monoisotopic (exact) mass is 261 g/mol. The highest BCUT2D eigenvalue weighted by Crippen LogP contribution is 2.34. The molecule has 0 bridgehead atoms. The average Bonchev–Trinajstić information content (AvgIpc) is 2.66. The first-order valence-electron chi connectivity index (χ1n) is 7.54. The normalized spacial score (nSPS) is 18.9. The minimum absolute atomic E-state index is 0.182. The van der Waals surface area contributed by atoms with Crippen LogP contribution in [0.15, 0.2) is 12.1 Å². The van der Waals surface area contributed by atoms with Gasteiger partial charge in [0.25, 0.3) is 0 Å². The first-order valence-corrected chi connectivity index (χ1v) is 7.54. The van der Waals surface area contributed by atoms with Crippen molar-refractivity contribution in [1.29, 1.82) is 0 Å². The fourth-order valence-corrected chi connectivity index (χ4v) is 3.44. The summed E-state index contributed by atoms with van der Waals surface area (Å²) in [5.74, 6) is 1.64. The standard InChI is InChI=1S/C17H27NO/c1-12-10-15(11-13(2)17(12)19-3)16(18)14-8-6-4-5-7-9-14/h10-11,14,16H,4-9,18H2,1-3H3. The molecule has 0 amide bonds. The molecule has 1 saturated carbocycles. The van der Waals surface area contributed by atoms with Gasteiger partial charge in [0.2, 0.25) is 0 Å². The molecule has 106 valence electrons. The predicted molar refractivity (Wildman–Crippen MR) is 80.6 cm³/mol. The number of hydrogen-bond donors (Lipinski definition) is 1. The van der Waals surface area contributed by atoms with E-state index in [0.717, 1.165) is 5.75 Å². The van der Waals surface area contributed by atoms with Crippen LogP contribution < -0.4 is 10.5 Å². The summed E-state index contributed by atoms with van der Waals surface area (Å²) in [6.45, 7) is 4.21. The van der Waals surface area contributed by atoms with E-state index in [9.17, 15) is 0 Å². The third-order valence-electron chi connectivity index (χ3n) is 4.48. The van der Waals surface area contributed by atoms with Crippen LogP contribution in [0.5, 0.6) is 5.75 Å². The van der Waals surface area contributed by atoms with Gasteiger partial charge >= 0.3 is 0 Å². The molecule has 0 saturated heterocycles. The summed E-state index contributed by atoms with van der Waals surface area (Å²) < 4.78 is 5.44. The Morgan fingerprint density at radius 3 is 2.05 bits per heavy atom. The van der Waals surface area contributed by atoms with Crippen LogP contribution in [0.25, 0.3) is 0 Å². The van der Waals surface area contributed by atoms with E-state index in [1.165, 1.54) is 55.2 Å². The smallest absolute Gasteiger partial charge is 0.124 e. The van der Waals surface area contributed by atoms with Gasteiger partial charge in [-0.3, -0.25) is 0 Å². The maximum Gasteiger partial charge on any atom is 0.124 e. The molecule has 2 N–H and O–H groups in total. The first kappa shape index (κ1) is 14.4. The lowest BCUT2D eigenvalue weighted by atomic mass is 9.86. The van der Waals surface area contributed by atoms with Crippen LogP contribution in [-0.4, -0.2) is 7.11 Å². The molecule has 0 heterocycles. The number of ether oxygens (including phenoxy) is 1. The van der Waals surface area contributed by atoms with Crippen molar-refractivity contribution >= 4 is 0 Å². The lowest BCUT2D eigenvalue weighted by molar-refractivity contribution is 0.380. The van der Waals surface area contributed by atoms with Crippen LogP contribution in [0, 0.1) is 19.8 Å². The summed E-state index contributed by atoms with van der Waals surface area (Å²) in [5.41, 5.74) is 10.2. The Labute approximate surface area is 117 Å². The molecule has 19 heavy (non-hydrogen) atoms. The minimum atomic E-state index is 0.182. The summed E-state index contributed by atoms with van der Waals surface area (Å²) in [5, 5.41) is 0. The average molecular weight is 261 g/mol. The first-order chi connectivity index (χ1) is 9.13. The lowest BCUT2D eigenvalue weighted by Crippen LogP contribution is -2.21. The van der Waals surface area contributed by atoms with Crippen LogP contribution in [0.4, 0.5) is 0 Å². The van der Waals surface area contributed by atoms with Gasteiger partial charge in [0.05, 0.1) is 7.11 Å². The maximum absolute atomic E-state index is 6.53. The van der Waals surface area contributed by atoms with Gasteiger partial charge in [-0.15, -0.1) is 0 Å². The van der Waals surface area contributed by atoms with Gasteiger partial charge < -0.3 is 10.5 Å². The predicted octanol–water partition coefficient (Wildman–Crippen LogP) is 4.28. The highest BCUT2D eigenvalue weighted by Gasteiger charge is 2.22. The van der Waals surface area contributed by atoms with Crippen LogP contribution >= 0.6 is 0 Å². The Morgan fingerprint density at radius 1 is 1.05 bits per heavy atom.